The third-order valence-corrected chi connectivity index (χ3v) is 1.99. The van der Waals surface area contributed by atoms with E-state index >= 15 is 0 Å². The third-order valence-electron chi connectivity index (χ3n) is 1.99. The van der Waals surface area contributed by atoms with E-state index in [1.807, 2.05) is 0 Å². The molecule has 0 radical (unpaired) electrons. The van der Waals surface area contributed by atoms with Gasteiger partial charge >= 0.3 is 5.97 Å². The maximum absolute atomic E-state index is 13.4. The Kier molecular flexibility index (Phi) is 3.44. The zero-order valence-electron chi connectivity index (χ0n) is 8.42. The van der Waals surface area contributed by atoms with Crippen molar-refractivity contribution in [3.05, 3.63) is 41.7 Å². The number of nitrogen functional groups attached to an aromatic ring is 1. The fraction of sp³-hybridized carbons (Fsp3) is 0.182. The summed E-state index contributed by atoms with van der Waals surface area (Å²) in [7, 11) is 1.22. The lowest BCUT2D eigenvalue weighted by Crippen LogP contribution is -2.07. The van der Waals surface area contributed by atoms with Crippen molar-refractivity contribution in [3.63, 3.8) is 0 Å². The fourth-order valence-corrected chi connectivity index (χ4v) is 1.24. The summed E-state index contributed by atoms with van der Waals surface area (Å²) in [6.07, 6.45) is 1.94. The van der Waals surface area contributed by atoms with E-state index in [4.69, 9.17) is 5.73 Å². The number of carbonyl (C=O) groups excluding carboxylic acids is 1. The van der Waals surface area contributed by atoms with Crippen molar-refractivity contribution in [2.45, 2.75) is 6.42 Å². The molecule has 0 atom stereocenters. The van der Waals surface area contributed by atoms with Crippen LogP contribution >= 0.6 is 0 Å². The molecule has 0 aliphatic rings. The van der Waals surface area contributed by atoms with Crippen LogP contribution in [0.3, 0.4) is 0 Å². The van der Waals surface area contributed by atoms with Gasteiger partial charge in [0.2, 0.25) is 0 Å². The van der Waals surface area contributed by atoms with Crippen LogP contribution in [-0.2, 0) is 11.2 Å². The van der Waals surface area contributed by atoms with E-state index in [2.05, 4.69) is 11.3 Å². The molecular weight excluding hydrogens is 197 g/mol. The summed E-state index contributed by atoms with van der Waals surface area (Å²) in [5, 5.41) is 0. The second-order valence-electron chi connectivity index (χ2n) is 3.02. The lowest BCUT2D eigenvalue weighted by molar-refractivity contribution is 0.0601. The summed E-state index contributed by atoms with van der Waals surface area (Å²) in [4.78, 5) is 11.2. The molecule has 2 N–H and O–H groups in total. The van der Waals surface area contributed by atoms with Crippen LogP contribution in [0.1, 0.15) is 15.9 Å². The van der Waals surface area contributed by atoms with Gasteiger partial charge in [0.25, 0.3) is 0 Å². The number of esters is 1. The van der Waals surface area contributed by atoms with Crippen molar-refractivity contribution >= 4 is 11.7 Å². The van der Waals surface area contributed by atoms with Gasteiger partial charge in [0, 0.05) is 5.69 Å². The minimum Gasteiger partial charge on any atom is -0.465 e. The van der Waals surface area contributed by atoms with E-state index in [1.54, 1.807) is 6.08 Å². The van der Waals surface area contributed by atoms with Crippen molar-refractivity contribution < 1.29 is 13.9 Å². The Hall–Kier alpha value is -1.84. The van der Waals surface area contributed by atoms with Gasteiger partial charge in [0.1, 0.15) is 5.82 Å². The van der Waals surface area contributed by atoms with Crippen LogP contribution in [0.5, 0.6) is 0 Å². The van der Waals surface area contributed by atoms with Crippen LogP contribution in [0.25, 0.3) is 0 Å². The number of nitrogens with two attached hydrogens (primary N) is 1. The Bertz CT molecular complexity index is 402. The summed E-state index contributed by atoms with van der Waals surface area (Å²) in [5.74, 6) is -1.12. The minimum absolute atomic E-state index is 0.0443. The molecule has 0 unspecified atom stereocenters. The van der Waals surface area contributed by atoms with E-state index in [0.29, 0.717) is 12.0 Å². The van der Waals surface area contributed by atoms with E-state index in [0.717, 1.165) is 6.07 Å². The minimum atomic E-state index is -0.642. The normalized spacial score (nSPS) is 9.73. The molecule has 0 saturated heterocycles. The molecule has 0 aliphatic carbocycles. The predicted octanol–water partition coefficient (Wildman–Crippen LogP) is 1.92. The van der Waals surface area contributed by atoms with Crippen molar-refractivity contribution in [1.82, 2.24) is 0 Å². The molecule has 4 heteroatoms. The maximum atomic E-state index is 13.4. The third kappa shape index (κ3) is 2.34. The maximum Gasteiger partial charge on any atom is 0.340 e. The molecule has 0 fully saturated rings. The highest BCUT2D eigenvalue weighted by Gasteiger charge is 2.13. The number of rotatable bonds is 3. The number of hydrogen-bond donors (Lipinski definition) is 1. The SMILES string of the molecule is C=CCc1cc(N)c(C(=O)OC)cc1F. The highest BCUT2D eigenvalue weighted by atomic mass is 19.1. The van der Waals surface area contributed by atoms with Crippen molar-refractivity contribution in [2.75, 3.05) is 12.8 Å². The molecule has 3 nitrogen and oxygen atoms in total. The average Bonchev–Trinajstić information content (AvgIpc) is 2.22. The van der Waals surface area contributed by atoms with E-state index in [1.165, 1.54) is 13.2 Å². The van der Waals surface area contributed by atoms with Crippen molar-refractivity contribution in [3.8, 4) is 0 Å². The Morgan fingerprint density at radius 3 is 2.87 bits per heavy atom. The number of halogens is 1. The first-order valence-corrected chi connectivity index (χ1v) is 4.37. The van der Waals surface area contributed by atoms with Gasteiger partial charge in [-0.2, -0.15) is 0 Å². The van der Waals surface area contributed by atoms with E-state index in [9.17, 15) is 9.18 Å². The van der Waals surface area contributed by atoms with Gasteiger partial charge in [-0.05, 0) is 24.1 Å². The van der Waals surface area contributed by atoms with Crippen molar-refractivity contribution in [1.29, 1.82) is 0 Å². The zero-order chi connectivity index (χ0) is 11.4. The van der Waals surface area contributed by atoms with Crippen LogP contribution in [0, 0.1) is 5.82 Å². The molecule has 80 valence electrons. The van der Waals surface area contributed by atoms with E-state index < -0.39 is 11.8 Å². The van der Waals surface area contributed by atoms with Crippen LogP contribution in [-0.4, -0.2) is 13.1 Å². The standard InChI is InChI=1S/C11H12FNO2/c1-3-4-7-5-10(13)8(6-9(7)12)11(14)15-2/h3,5-6H,1,4,13H2,2H3. The summed E-state index contributed by atoms with van der Waals surface area (Å²) in [6.45, 7) is 3.50. The van der Waals surface area contributed by atoms with Gasteiger partial charge in [-0.15, -0.1) is 6.58 Å². The number of anilines is 1. The first-order valence-electron chi connectivity index (χ1n) is 4.37. The van der Waals surface area contributed by atoms with Crippen LogP contribution < -0.4 is 5.73 Å². The molecule has 0 heterocycles. The van der Waals surface area contributed by atoms with E-state index in [-0.39, 0.29) is 11.3 Å². The Morgan fingerprint density at radius 1 is 1.67 bits per heavy atom. The predicted molar refractivity (Wildman–Crippen MR) is 56.1 cm³/mol. The smallest absolute Gasteiger partial charge is 0.340 e. The number of allylic oxidation sites excluding steroid dienone is 1. The molecule has 1 aromatic carbocycles. The molecule has 0 bridgehead atoms. The van der Waals surface area contributed by atoms with Crippen LogP contribution in [0.4, 0.5) is 10.1 Å². The zero-order valence-corrected chi connectivity index (χ0v) is 8.42. The second-order valence-corrected chi connectivity index (χ2v) is 3.02. The number of carbonyl (C=O) groups is 1. The molecule has 0 amide bonds. The molecule has 1 rings (SSSR count). The van der Waals surface area contributed by atoms with Gasteiger partial charge in [-0.3, -0.25) is 0 Å². The Morgan fingerprint density at radius 2 is 2.33 bits per heavy atom. The monoisotopic (exact) mass is 209 g/mol. The average molecular weight is 209 g/mol. The van der Waals surface area contributed by atoms with Crippen molar-refractivity contribution in [2.24, 2.45) is 0 Å². The summed E-state index contributed by atoms with van der Waals surface area (Å²) in [6, 6.07) is 2.50. The first kappa shape index (κ1) is 11.2. The Labute approximate surface area is 87.3 Å². The number of benzene rings is 1. The number of methoxy groups -OCH3 is 1. The Balaban J connectivity index is 3.18. The molecule has 0 saturated carbocycles. The number of ether oxygens (including phenoxy) is 1. The molecule has 0 aromatic heterocycles. The molecule has 0 aliphatic heterocycles. The highest BCUT2D eigenvalue weighted by Crippen LogP contribution is 2.19. The van der Waals surface area contributed by atoms with Gasteiger partial charge in [0.15, 0.2) is 0 Å². The second kappa shape index (κ2) is 4.59. The fourth-order valence-electron chi connectivity index (χ4n) is 1.24. The van der Waals surface area contributed by atoms with Crippen LogP contribution in [0.15, 0.2) is 24.8 Å². The van der Waals surface area contributed by atoms with Gasteiger partial charge in [0.05, 0.1) is 12.7 Å². The summed E-state index contributed by atoms with van der Waals surface area (Å²) in [5.41, 5.74) is 6.26. The number of hydrogen-bond acceptors (Lipinski definition) is 3. The summed E-state index contributed by atoms with van der Waals surface area (Å²) >= 11 is 0. The van der Waals surface area contributed by atoms with Gasteiger partial charge < -0.3 is 10.5 Å². The first-order chi connectivity index (χ1) is 7.10. The highest BCUT2D eigenvalue weighted by molar-refractivity contribution is 5.95. The van der Waals surface area contributed by atoms with Gasteiger partial charge in [-0.1, -0.05) is 6.08 Å². The molecule has 15 heavy (non-hydrogen) atoms. The lowest BCUT2D eigenvalue weighted by Gasteiger charge is -2.07. The molecule has 0 spiro atoms. The molecular formula is C11H12FNO2. The quantitative estimate of drug-likeness (QED) is 0.470. The molecule has 1 aromatic rings. The van der Waals surface area contributed by atoms with Crippen LogP contribution in [0.2, 0.25) is 0 Å². The lowest BCUT2D eigenvalue weighted by atomic mass is 10.1. The largest absolute Gasteiger partial charge is 0.465 e. The van der Waals surface area contributed by atoms with Gasteiger partial charge in [-0.25, -0.2) is 9.18 Å². The topological polar surface area (TPSA) is 52.3 Å². The summed E-state index contributed by atoms with van der Waals surface area (Å²) < 4.78 is 17.9.